The summed E-state index contributed by atoms with van der Waals surface area (Å²) in [5, 5.41) is 6.15. The third-order valence-electron chi connectivity index (χ3n) is 5.39. The Balaban J connectivity index is 1.79. The molecule has 1 saturated carbocycles. The molecule has 2 aliphatic rings. The average Bonchev–Trinajstić information content (AvgIpc) is 3.09. The minimum atomic E-state index is -4.67. The number of nitrogens with one attached hydrogen (secondary N) is 2. The molecule has 2 N–H and O–H groups in total. The van der Waals surface area contributed by atoms with E-state index >= 15 is 0 Å². The number of aryl methyl sites for hydroxylation is 1. The lowest BCUT2D eigenvalue weighted by Gasteiger charge is -2.29. The SMILES string of the molecule is Cc1oc(C(F)(F)F)c(C(=O)NC[C@]23CCC[C@H]2NCC3)c1C. The molecular weight excluding hydrogens is 309 g/mol. The van der Waals surface area contributed by atoms with Gasteiger partial charge in [-0.25, -0.2) is 0 Å². The Morgan fingerprint density at radius 1 is 1.39 bits per heavy atom. The monoisotopic (exact) mass is 330 g/mol. The molecule has 23 heavy (non-hydrogen) atoms. The molecule has 2 atom stereocenters. The number of carbonyl (C=O) groups excluding carboxylic acids is 1. The maximum Gasteiger partial charge on any atom is 0.450 e. The first-order chi connectivity index (χ1) is 10.7. The minimum Gasteiger partial charge on any atom is -0.456 e. The molecule has 1 aromatic heterocycles. The highest BCUT2D eigenvalue weighted by atomic mass is 19.4. The van der Waals surface area contributed by atoms with Gasteiger partial charge in [0.25, 0.3) is 5.91 Å². The summed E-state index contributed by atoms with van der Waals surface area (Å²) in [5.74, 6) is -1.77. The lowest BCUT2D eigenvalue weighted by Crippen LogP contribution is -2.42. The fraction of sp³-hybridized carbons (Fsp3) is 0.688. The van der Waals surface area contributed by atoms with Crippen molar-refractivity contribution in [2.24, 2.45) is 5.41 Å². The van der Waals surface area contributed by atoms with Crippen LogP contribution in [0, 0.1) is 19.3 Å². The number of halogens is 3. The van der Waals surface area contributed by atoms with Gasteiger partial charge in [-0.3, -0.25) is 4.79 Å². The molecule has 2 heterocycles. The van der Waals surface area contributed by atoms with E-state index in [0.717, 1.165) is 32.2 Å². The number of amides is 1. The van der Waals surface area contributed by atoms with Gasteiger partial charge in [-0.15, -0.1) is 0 Å². The summed E-state index contributed by atoms with van der Waals surface area (Å²) in [6, 6.07) is 0.358. The first-order valence-electron chi connectivity index (χ1n) is 7.93. The van der Waals surface area contributed by atoms with Gasteiger partial charge in [0.2, 0.25) is 5.76 Å². The largest absolute Gasteiger partial charge is 0.456 e. The number of carbonyl (C=O) groups is 1. The van der Waals surface area contributed by atoms with E-state index < -0.39 is 17.8 Å². The average molecular weight is 330 g/mol. The van der Waals surface area contributed by atoms with Crippen molar-refractivity contribution in [2.75, 3.05) is 13.1 Å². The maximum absolute atomic E-state index is 13.1. The zero-order chi connectivity index (χ0) is 16.8. The number of hydrogen-bond acceptors (Lipinski definition) is 3. The molecule has 4 nitrogen and oxygen atoms in total. The molecule has 128 valence electrons. The first kappa shape index (κ1) is 16.4. The summed E-state index contributed by atoms with van der Waals surface area (Å²) in [4.78, 5) is 12.4. The maximum atomic E-state index is 13.1. The fourth-order valence-corrected chi connectivity index (χ4v) is 4.00. The van der Waals surface area contributed by atoms with Crippen molar-refractivity contribution in [3.05, 3.63) is 22.6 Å². The van der Waals surface area contributed by atoms with Crippen LogP contribution in [0.5, 0.6) is 0 Å². The third kappa shape index (κ3) is 2.75. The number of rotatable bonds is 3. The van der Waals surface area contributed by atoms with E-state index in [4.69, 9.17) is 4.42 Å². The summed E-state index contributed by atoms with van der Waals surface area (Å²) in [5.41, 5.74) is -0.146. The molecule has 1 aliphatic heterocycles. The zero-order valence-corrected chi connectivity index (χ0v) is 13.3. The van der Waals surface area contributed by atoms with Gasteiger partial charge in [-0.2, -0.15) is 13.2 Å². The van der Waals surface area contributed by atoms with Crippen LogP contribution in [0.2, 0.25) is 0 Å². The summed E-state index contributed by atoms with van der Waals surface area (Å²) in [6.45, 7) is 4.23. The van der Waals surface area contributed by atoms with E-state index in [9.17, 15) is 18.0 Å². The van der Waals surface area contributed by atoms with Crippen LogP contribution < -0.4 is 10.6 Å². The van der Waals surface area contributed by atoms with Crippen LogP contribution in [0.4, 0.5) is 13.2 Å². The quantitative estimate of drug-likeness (QED) is 0.895. The van der Waals surface area contributed by atoms with E-state index in [0.29, 0.717) is 12.6 Å². The van der Waals surface area contributed by atoms with Gasteiger partial charge in [0.15, 0.2) is 0 Å². The molecule has 2 fully saturated rings. The second-order valence-corrected chi connectivity index (χ2v) is 6.68. The van der Waals surface area contributed by atoms with Gasteiger partial charge in [0.1, 0.15) is 5.76 Å². The molecule has 0 bridgehead atoms. The number of hydrogen-bond donors (Lipinski definition) is 2. The van der Waals surface area contributed by atoms with Crippen molar-refractivity contribution in [2.45, 2.75) is 51.7 Å². The molecule has 1 aliphatic carbocycles. The standard InChI is InChI=1S/C16H21F3N2O2/c1-9-10(2)23-13(16(17,18)19)12(9)14(22)21-8-15-5-3-4-11(15)20-7-6-15/h11,20H,3-8H2,1-2H3,(H,21,22)/t11-,15-/m1/s1. The van der Waals surface area contributed by atoms with Crippen LogP contribution in [-0.2, 0) is 6.18 Å². The van der Waals surface area contributed by atoms with Gasteiger partial charge < -0.3 is 15.1 Å². The second kappa shape index (κ2) is 5.54. The van der Waals surface area contributed by atoms with Crippen molar-refractivity contribution < 1.29 is 22.4 Å². The highest BCUT2D eigenvalue weighted by molar-refractivity contribution is 5.97. The van der Waals surface area contributed by atoms with Gasteiger partial charge in [0.05, 0.1) is 5.56 Å². The third-order valence-corrected chi connectivity index (χ3v) is 5.39. The van der Waals surface area contributed by atoms with Crippen LogP contribution in [0.3, 0.4) is 0 Å². The Morgan fingerprint density at radius 3 is 2.83 bits per heavy atom. The minimum absolute atomic E-state index is 0.0132. The smallest absolute Gasteiger partial charge is 0.450 e. The molecule has 0 aromatic carbocycles. The lowest BCUT2D eigenvalue weighted by atomic mass is 9.82. The van der Waals surface area contributed by atoms with E-state index in [1.54, 1.807) is 0 Å². The Labute approximate surface area is 132 Å². The first-order valence-corrected chi connectivity index (χ1v) is 7.93. The normalized spacial score (nSPS) is 27.3. The molecule has 1 saturated heterocycles. The topological polar surface area (TPSA) is 54.3 Å². The Kier molecular flexibility index (Phi) is 3.94. The summed E-state index contributed by atoms with van der Waals surface area (Å²) in [6.07, 6.45) is -0.568. The van der Waals surface area contributed by atoms with Gasteiger partial charge in [-0.05, 0) is 39.7 Å². The van der Waals surface area contributed by atoms with Crippen molar-refractivity contribution in [3.8, 4) is 0 Å². The Bertz CT molecular complexity index is 612. The highest BCUT2D eigenvalue weighted by Crippen LogP contribution is 2.44. The Morgan fingerprint density at radius 2 is 2.13 bits per heavy atom. The van der Waals surface area contributed by atoms with E-state index in [1.165, 1.54) is 13.8 Å². The van der Waals surface area contributed by atoms with Crippen molar-refractivity contribution in [1.82, 2.24) is 10.6 Å². The van der Waals surface area contributed by atoms with Crippen LogP contribution in [-0.4, -0.2) is 25.0 Å². The zero-order valence-electron chi connectivity index (χ0n) is 13.3. The predicted molar refractivity (Wildman–Crippen MR) is 78.2 cm³/mol. The Hall–Kier alpha value is -1.50. The van der Waals surface area contributed by atoms with Crippen LogP contribution in [0.15, 0.2) is 4.42 Å². The van der Waals surface area contributed by atoms with Crippen molar-refractivity contribution in [1.29, 1.82) is 0 Å². The summed E-state index contributed by atoms with van der Waals surface area (Å²) < 4.78 is 44.0. The molecule has 7 heteroatoms. The number of fused-ring (bicyclic) bond motifs is 1. The van der Waals surface area contributed by atoms with E-state index in [-0.39, 0.29) is 22.3 Å². The van der Waals surface area contributed by atoms with Gasteiger partial charge >= 0.3 is 6.18 Å². The second-order valence-electron chi connectivity index (χ2n) is 6.68. The van der Waals surface area contributed by atoms with Crippen LogP contribution in [0.1, 0.15) is 53.1 Å². The van der Waals surface area contributed by atoms with E-state index in [1.807, 2.05) is 0 Å². The van der Waals surface area contributed by atoms with Gasteiger partial charge in [-0.1, -0.05) is 6.42 Å². The molecule has 0 unspecified atom stereocenters. The number of furan rings is 1. The lowest BCUT2D eigenvalue weighted by molar-refractivity contribution is -0.153. The highest BCUT2D eigenvalue weighted by Gasteiger charge is 2.47. The van der Waals surface area contributed by atoms with Crippen molar-refractivity contribution in [3.63, 3.8) is 0 Å². The van der Waals surface area contributed by atoms with Crippen LogP contribution in [0.25, 0.3) is 0 Å². The van der Waals surface area contributed by atoms with Crippen LogP contribution >= 0.6 is 0 Å². The fourth-order valence-electron chi connectivity index (χ4n) is 4.00. The molecule has 1 amide bonds. The molecular formula is C16H21F3N2O2. The molecule has 0 radical (unpaired) electrons. The summed E-state index contributed by atoms with van der Waals surface area (Å²) >= 11 is 0. The van der Waals surface area contributed by atoms with Crippen molar-refractivity contribution >= 4 is 5.91 Å². The predicted octanol–water partition coefficient (Wildman–Crippen LogP) is 3.18. The van der Waals surface area contributed by atoms with E-state index in [2.05, 4.69) is 10.6 Å². The summed E-state index contributed by atoms with van der Waals surface area (Å²) in [7, 11) is 0. The molecule has 1 aromatic rings. The van der Waals surface area contributed by atoms with Gasteiger partial charge in [0, 0.05) is 23.6 Å². The molecule has 3 rings (SSSR count). The number of alkyl halides is 3. The molecule has 0 spiro atoms.